The molecule has 1 heterocycles. The Morgan fingerprint density at radius 2 is 2.25 bits per heavy atom. The lowest BCUT2D eigenvalue weighted by atomic mass is 10.2. The molecule has 0 saturated carbocycles. The van der Waals surface area contributed by atoms with Gasteiger partial charge in [0.05, 0.1) is 0 Å². The van der Waals surface area contributed by atoms with Crippen molar-refractivity contribution >= 4 is 5.91 Å². The summed E-state index contributed by atoms with van der Waals surface area (Å²) in [6, 6.07) is 0.461. The summed E-state index contributed by atoms with van der Waals surface area (Å²) in [5.74, 6) is 0.0509. The van der Waals surface area contributed by atoms with Crippen LogP contribution in [0.3, 0.4) is 0 Å². The molecule has 0 radical (unpaired) electrons. The van der Waals surface area contributed by atoms with Crippen molar-refractivity contribution in [1.82, 2.24) is 9.80 Å². The van der Waals surface area contributed by atoms with Crippen molar-refractivity contribution in [2.24, 2.45) is 0 Å². The molecule has 1 rings (SSSR count). The lowest BCUT2D eigenvalue weighted by Crippen LogP contribution is -2.51. The smallest absolute Gasteiger partial charge is 0.246 e. The van der Waals surface area contributed by atoms with E-state index in [1.54, 1.807) is 0 Å². The molecule has 0 aromatic heterocycles. The van der Waals surface area contributed by atoms with Crippen LogP contribution in [-0.4, -0.2) is 48.4 Å². The van der Waals surface area contributed by atoms with Crippen LogP contribution >= 0.6 is 0 Å². The van der Waals surface area contributed by atoms with Gasteiger partial charge < -0.3 is 9.80 Å². The quantitative estimate of drug-likeness (QED) is 0.527. The van der Waals surface area contributed by atoms with Crippen molar-refractivity contribution in [1.29, 1.82) is 0 Å². The van der Waals surface area contributed by atoms with E-state index in [9.17, 15) is 4.79 Å². The van der Waals surface area contributed by atoms with Gasteiger partial charge in [-0.3, -0.25) is 4.79 Å². The fraction of sp³-hybridized carbons (Fsp3) is 0.667. The minimum atomic E-state index is 0.0509. The van der Waals surface area contributed by atoms with Crippen LogP contribution in [0.25, 0.3) is 0 Å². The zero-order chi connectivity index (χ0) is 9.14. The molecule has 3 nitrogen and oxygen atoms in total. The zero-order valence-corrected chi connectivity index (χ0v) is 7.79. The van der Waals surface area contributed by atoms with E-state index in [-0.39, 0.29) is 5.91 Å². The highest BCUT2D eigenvalue weighted by Gasteiger charge is 2.22. The number of hydrogen-bond acceptors (Lipinski definition) is 2. The van der Waals surface area contributed by atoms with Crippen LogP contribution in [0.15, 0.2) is 12.7 Å². The number of rotatable bonds is 1. The van der Waals surface area contributed by atoms with Gasteiger partial charge in [-0.2, -0.15) is 0 Å². The Hall–Kier alpha value is -0.830. The average molecular weight is 168 g/mol. The number of carbonyl (C=O) groups is 1. The molecule has 68 valence electrons. The first kappa shape index (κ1) is 9.26. The van der Waals surface area contributed by atoms with Gasteiger partial charge in [0.25, 0.3) is 0 Å². The Morgan fingerprint density at radius 3 is 2.75 bits per heavy atom. The van der Waals surface area contributed by atoms with E-state index in [1.165, 1.54) is 6.08 Å². The molecule has 1 fully saturated rings. The first-order valence-corrected chi connectivity index (χ1v) is 4.26. The molecule has 1 saturated heterocycles. The van der Waals surface area contributed by atoms with Crippen LogP contribution < -0.4 is 0 Å². The molecule has 3 heteroatoms. The number of hydrogen-bond donors (Lipinski definition) is 0. The van der Waals surface area contributed by atoms with Gasteiger partial charge in [0, 0.05) is 25.7 Å². The van der Waals surface area contributed by atoms with Gasteiger partial charge in [-0.05, 0) is 20.0 Å². The predicted molar refractivity (Wildman–Crippen MR) is 48.9 cm³/mol. The third-order valence-corrected chi connectivity index (χ3v) is 2.45. The van der Waals surface area contributed by atoms with Crippen LogP contribution in [0.4, 0.5) is 0 Å². The van der Waals surface area contributed by atoms with Crippen molar-refractivity contribution < 1.29 is 4.79 Å². The summed E-state index contributed by atoms with van der Waals surface area (Å²) in [7, 11) is 2.08. The summed E-state index contributed by atoms with van der Waals surface area (Å²) < 4.78 is 0. The molecule has 1 aliphatic rings. The third kappa shape index (κ3) is 1.85. The van der Waals surface area contributed by atoms with Gasteiger partial charge in [0.2, 0.25) is 5.91 Å². The number of nitrogens with zero attached hydrogens (tertiary/aromatic N) is 2. The standard InChI is InChI=1S/C9H16N2O/c1-4-9(12)11-6-5-10(3)8(2)7-11/h4,8H,1,5-7H2,2-3H3/t8-/m0/s1. The molecule has 1 amide bonds. The monoisotopic (exact) mass is 168 g/mol. The van der Waals surface area contributed by atoms with Crippen LogP contribution in [0, 0.1) is 0 Å². The lowest BCUT2D eigenvalue weighted by molar-refractivity contribution is -0.128. The third-order valence-electron chi connectivity index (χ3n) is 2.45. The van der Waals surface area contributed by atoms with E-state index in [1.807, 2.05) is 4.90 Å². The number of likely N-dealkylation sites (N-methyl/N-ethyl adjacent to an activating group) is 1. The fourth-order valence-corrected chi connectivity index (χ4v) is 1.38. The summed E-state index contributed by atoms with van der Waals surface area (Å²) in [5, 5.41) is 0. The molecule has 0 unspecified atom stereocenters. The largest absolute Gasteiger partial charge is 0.336 e. The second-order valence-corrected chi connectivity index (χ2v) is 3.32. The Labute approximate surface area is 73.6 Å². The maximum atomic E-state index is 11.2. The zero-order valence-electron chi connectivity index (χ0n) is 7.79. The summed E-state index contributed by atoms with van der Waals surface area (Å²) in [6.07, 6.45) is 1.39. The minimum absolute atomic E-state index is 0.0509. The fourth-order valence-electron chi connectivity index (χ4n) is 1.38. The predicted octanol–water partition coefficient (Wildman–Crippen LogP) is 0.335. The van der Waals surface area contributed by atoms with Crippen molar-refractivity contribution in [3.63, 3.8) is 0 Å². The molecule has 1 aliphatic heterocycles. The first-order valence-electron chi connectivity index (χ1n) is 4.26. The van der Waals surface area contributed by atoms with Gasteiger partial charge in [-0.25, -0.2) is 0 Å². The SMILES string of the molecule is C=CC(=O)N1CCN(C)[C@@H](C)C1. The maximum absolute atomic E-state index is 11.2. The van der Waals surface area contributed by atoms with E-state index in [2.05, 4.69) is 25.5 Å². The molecule has 12 heavy (non-hydrogen) atoms. The van der Waals surface area contributed by atoms with Crippen LogP contribution in [0.1, 0.15) is 6.92 Å². The highest BCUT2D eigenvalue weighted by molar-refractivity contribution is 5.87. The average Bonchev–Trinajstić information content (AvgIpc) is 2.08. The van der Waals surface area contributed by atoms with Crippen molar-refractivity contribution in [3.05, 3.63) is 12.7 Å². The Kier molecular flexibility index (Phi) is 2.87. The molecule has 0 N–H and O–H groups in total. The number of carbonyl (C=O) groups excluding carboxylic acids is 1. The minimum Gasteiger partial charge on any atom is -0.336 e. The van der Waals surface area contributed by atoms with Gasteiger partial charge in [0.1, 0.15) is 0 Å². The Bertz CT molecular complexity index is 191. The van der Waals surface area contributed by atoms with E-state index in [0.29, 0.717) is 6.04 Å². The number of amides is 1. The Morgan fingerprint density at radius 1 is 1.58 bits per heavy atom. The normalized spacial score (nSPS) is 25.5. The van der Waals surface area contributed by atoms with E-state index < -0.39 is 0 Å². The van der Waals surface area contributed by atoms with Gasteiger partial charge >= 0.3 is 0 Å². The van der Waals surface area contributed by atoms with E-state index in [4.69, 9.17) is 0 Å². The summed E-state index contributed by atoms with van der Waals surface area (Å²) in [4.78, 5) is 15.3. The molecule has 0 spiro atoms. The second kappa shape index (κ2) is 3.72. The summed E-state index contributed by atoms with van der Waals surface area (Å²) in [5.41, 5.74) is 0. The van der Waals surface area contributed by atoms with Crippen molar-refractivity contribution in [3.8, 4) is 0 Å². The highest BCUT2D eigenvalue weighted by Crippen LogP contribution is 2.06. The molecule has 0 bridgehead atoms. The van der Waals surface area contributed by atoms with Crippen LogP contribution in [-0.2, 0) is 4.79 Å². The van der Waals surface area contributed by atoms with Crippen molar-refractivity contribution in [2.75, 3.05) is 26.7 Å². The topological polar surface area (TPSA) is 23.6 Å². The molecule has 1 atom stereocenters. The van der Waals surface area contributed by atoms with Gasteiger partial charge in [-0.15, -0.1) is 0 Å². The molecular formula is C9H16N2O. The summed E-state index contributed by atoms with van der Waals surface area (Å²) in [6.45, 7) is 8.21. The molecule has 0 aromatic carbocycles. The van der Waals surface area contributed by atoms with Crippen LogP contribution in [0.2, 0.25) is 0 Å². The maximum Gasteiger partial charge on any atom is 0.246 e. The van der Waals surface area contributed by atoms with Gasteiger partial charge in [-0.1, -0.05) is 6.58 Å². The molecule has 0 aromatic rings. The first-order chi connectivity index (χ1) is 5.65. The Balaban J connectivity index is 2.50. The highest BCUT2D eigenvalue weighted by atomic mass is 16.2. The summed E-state index contributed by atoms with van der Waals surface area (Å²) >= 11 is 0. The second-order valence-electron chi connectivity index (χ2n) is 3.32. The molecule has 0 aliphatic carbocycles. The van der Waals surface area contributed by atoms with Crippen LogP contribution in [0.5, 0.6) is 0 Å². The van der Waals surface area contributed by atoms with E-state index in [0.717, 1.165) is 19.6 Å². The van der Waals surface area contributed by atoms with Crippen molar-refractivity contribution in [2.45, 2.75) is 13.0 Å². The van der Waals surface area contributed by atoms with E-state index >= 15 is 0 Å². The lowest BCUT2D eigenvalue weighted by Gasteiger charge is -2.37. The molecular weight excluding hydrogens is 152 g/mol. The van der Waals surface area contributed by atoms with Gasteiger partial charge in [0.15, 0.2) is 0 Å². The number of piperazine rings is 1.